The van der Waals surface area contributed by atoms with E-state index < -0.39 is 0 Å². The predicted octanol–water partition coefficient (Wildman–Crippen LogP) is 2.67. The van der Waals surface area contributed by atoms with Crippen molar-refractivity contribution in [1.29, 1.82) is 0 Å². The topological polar surface area (TPSA) is 33.2 Å². The van der Waals surface area contributed by atoms with Gasteiger partial charge in [0.15, 0.2) is 5.78 Å². The highest BCUT2D eigenvalue weighted by atomic mass is 32.1. The van der Waals surface area contributed by atoms with Crippen molar-refractivity contribution in [2.75, 3.05) is 14.1 Å². The molecule has 90 valence electrons. The maximum Gasteiger partial charge on any atom is 0.161 e. The van der Waals surface area contributed by atoms with E-state index in [0.717, 1.165) is 10.7 Å². The number of Topliss-reactive ketones (excluding diaryl/α,β-unsaturated/α-hetero) is 1. The number of hydrogen-bond acceptors (Lipinski definition) is 4. The molecule has 4 heteroatoms. The fourth-order valence-corrected chi connectivity index (χ4v) is 2.18. The van der Waals surface area contributed by atoms with Crippen LogP contribution in [0.4, 0.5) is 0 Å². The lowest BCUT2D eigenvalue weighted by atomic mass is 9.85. The first-order valence-electron chi connectivity index (χ1n) is 5.36. The van der Waals surface area contributed by atoms with Crippen molar-refractivity contribution in [1.82, 2.24) is 9.88 Å². The summed E-state index contributed by atoms with van der Waals surface area (Å²) in [7, 11) is 3.84. The van der Waals surface area contributed by atoms with Gasteiger partial charge in [-0.05, 0) is 21.0 Å². The first-order chi connectivity index (χ1) is 7.23. The van der Waals surface area contributed by atoms with E-state index in [1.54, 1.807) is 11.3 Å². The average molecular weight is 240 g/mol. The van der Waals surface area contributed by atoms with E-state index in [-0.39, 0.29) is 17.2 Å². The van der Waals surface area contributed by atoms with E-state index in [1.807, 2.05) is 52.1 Å². The van der Waals surface area contributed by atoms with Crippen LogP contribution in [0.2, 0.25) is 0 Å². The summed E-state index contributed by atoms with van der Waals surface area (Å²) in [5.74, 6) is 0.211. The van der Waals surface area contributed by atoms with E-state index in [1.165, 1.54) is 0 Å². The van der Waals surface area contributed by atoms with Crippen LogP contribution >= 0.6 is 11.3 Å². The van der Waals surface area contributed by atoms with Crippen molar-refractivity contribution in [2.45, 2.75) is 33.7 Å². The third-order valence-corrected chi connectivity index (χ3v) is 3.21. The summed E-state index contributed by atoms with van der Waals surface area (Å²) < 4.78 is 0. The molecule has 0 saturated heterocycles. The minimum Gasteiger partial charge on any atom is -0.297 e. The summed E-state index contributed by atoms with van der Waals surface area (Å²) in [6.07, 6.45) is 0. The van der Waals surface area contributed by atoms with E-state index >= 15 is 0 Å². The number of carbonyl (C=O) groups excluding carboxylic acids is 1. The molecule has 0 aromatic carbocycles. The fraction of sp³-hybridized carbons (Fsp3) is 0.667. The van der Waals surface area contributed by atoms with Gasteiger partial charge in [-0.1, -0.05) is 20.8 Å². The molecule has 0 spiro atoms. The quantitative estimate of drug-likeness (QED) is 0.814. The van der Waals surface area contributed by atoms with Crippen LogP contribution in [0.5, 0.6) is 0 Å². The molecular formula is C12H20N2OS. The number of likely N-dealkylation sites (N-methyl/N-ethyl adjacent to an activating group) is 1. The minimum atomic E-state index is -0.341. The molecule has 16 heavy (non-hydrogen) atoms. The molecule has 1 atom stereocenters. The van der Waals surface area contributed by atoms with Gasteiger partial charge in [0.1, 0.15) is 6.04 Å². The van der Waals surface area contributed by atoms with Crippen LogP contribution in [0.15, 0.2) is 5.38 Å². The molecule has 0 aliphatic carbocycles. The Bertz CT molecular complexity index is 377. The van der Waals surface area contributed by atoms with Crippen molar-refractivity contribution in [2.24, 2.45) is 5.41 Å². The first-order valence-corrected chi connectivity index (χ1v) is 6.24. The Morgan fingerprint density at radius 3 is 2.31 bits per heavy atom. The second-order valence-corrected chi connectivity index (χ2v) is 6.33. The van der Waals surface area contributed by atoms with Gasteiger partial charge in [-0.25, -0.2) is 4.98 Å². The molecule has 0 fully saturated rings. The largest absolute Gasteiger partial charge is 0.297 e. The maximum absolute atomic E-state index is 12.3. The van der Waals surface area contributed by atoms with Crippen LogP contribution < -0.4 is 0 Å². The lowest BCUT2D eigenvalue weighted by Gasteiger charge is -2.28. The Kier molecular flexibility index (Phi) is 3.86. The number of thiazole rings is 1. The molecule has 3 nitrogen and oxygen atoms in total. The Balaban J connectivity index is 3.06. The van der Waals surface area contributed by atoms with E-state index in [0.29, 0.717) is 0 Å². The Morgan fingerprint density at radius 2 is 2.00 bits per heavy atom. The molecule has 1 heterocycles. The SMILES string of the molecule is Cc1nc(C(C(=O)C(C)(C)C)N(C)C)cs1. The molecule has 0 saturated carbocycles. The second-order valence-electron chi connectivity index (χ2n) is 5.27. The van der Waals surface area contributed by atoms with Crippen LogP contribution in [0.25, 0.3) is 0 Å². The summed E-state index contributed by atoms with van der Waals surface area (Å²) in [6, 6.07) is -0.232. The molecule has 0 aliphatic heterocycles. The van der Waals surface area contributed by atoms with Gasteiger partial charge in [0.25, 0.3) is 0 Å². The predicted molar refractivity (Wildman–Crippen MR) is 67.7 cm³/mol. The van der Waals surface area contributed by atoms with Crippen molar-refractivity contribution >= 4 is 17.1 Å². The summed E-state index contributed by atoms with van der Waals surface area (Å²) >= 11 is 1.59. The average Bonchev–Trinajstić information content (AvgIpc) is 2.49. The molecule has 0 N–H and O–H groups in total. The number of ketones is 1. The lowest BCUT2D eigenvalue weighted by Crippen LogP contribution is -2.35. The standard InChI is InChI=1S/C12H20N2OS/c1-8-13-9(7-16-8)10(14(5)6)11(15)12(2,3)4/h7,10H,1-6H3. The zero-order chi connectivity index (χ0) is 12.5. The highest BCUT2D eigenvalue weighted by Crippen LogP contribution is 2.29. The van der Waals surface area contributed by atoms with Gasteiger partial charge in [-0.2, -0.15) is 0 Å². The molecule has 1 unspecified atom stereocenters. The molecule has 0 bridgehead atoms. The van der Waals surface area contributed by atoms with Gasteiger partial charge in [0.2, 0.25) is 0 Å². The number of rotatable bonds is 3. The number of carbonyl (C=O) groups is 1. The van der Waals surface area contributed by atoms with Crippen LogP contribution in [-0.4, -0.2) is 29.8 Å². The van der Waals surface area contributed by atoms with Crippen molar-refractivity contribution in [3.63, 3.8) is 0 Å². The molecular weight excluding hydrogens is 220 g/mol. The number of aromatic nitrogens is 1. The highest BCUT2D eigenvalue weighted by molar-refractivity contribution is 7.09. The lowest BCUT2D eigenvalue weighted by molar-refractivity contribution is -0.131. The Morgan fingerprint density at radius 1 is 1.44 bits per heavy atom. The normalized spacial score (nSPS) is 14.2. The van der Waals surface area contributed by atoms with Crippen molar-refractivity contribution < 1.29 is 4.79 Å². The van der Waals surface area contributed by atoms with Crippen molar-refractivity contribution in [3.05, 3.63) is 16.1 Å². The van der Waals surface area contributed by atoms with Gasteiger partial charge in [0.05, 0.1) is 10.7 Å². The van der Waals surface area contributed by atoms with E-state index in [2.05, 4.69) is 4.98 Å². The van der Waals surface area contributed by atoms with E-state index in [9.17, 15) is 4.79 Å². The zero-order valence-corrected chi connectivity index (χ0v) is 11.7. The maximum atomic E-state index is 12.3. The van der Waals surface area contributed by atoms with Crippen LogP contribution in [0.1, 0.15) is 37.5 Å². The molecule has 1 aromatic rings. The molecule has 0 amide bonds. The summed E-state index contributed by atoms with van der Waals surface area (Å²) in [6.45, 7) is 7.81. The van der Waals surface area contributed by atoms with Crippen LogP contribution in [0, 0.1) is 12.3 Å². The number of hydrogen-bond donors (Lipinski definition) is 0. The Hall–Kier alpha value is -0.740. The highest BCUT2D eigenvalue weighted by Gasteiger charge is 2.33. The monoisotopic (exact) mass is 240 g/mol. The van der Waals surface area contributed by atoms with Gasteiger partial charge in [-0.15, -0.1) is 11.3 Å². The fourth-order valence-electron chi connectivity index (χ4n) is 1.55. The minimum absolute atomic E-state index is 0.211. The molecule has 0 radical (unpaired) electrons. The Labute approximate surface area is 101 Å². The summed E-state index contributed by atoms with van der Waals surface area (Å²) in [4.78, 5) is 18.7. The summed E-state index contributed by atoms with van der Waals surface area (Å²) in [5, 5.41) is 2.98. The first kappa shape index (κ1) is 13.3. The van der Waals surface area contributed by atoms with Gasteiger partial charge >= 0.3 is 0 Å². The van der Waals surface area contributed by atoms with Gasteiger partial charge in [0, 0.05) is 10.8 Å². The number of nitrogens with zero attached hydrogens (tertiary/aromatic N) is 2. The van der Waals surface area contributed by atoms with Crippen molar-refractivity contribution in [3.8, 4) is 0 Å². The zero-order valence-electron chi connectivity index (χ0n) is 10.9. The van der Waals surface area contributed by atoms with Crippen LogP contribution in [-0.2, 0) is 4.79 Å². The number of aryl methyl sites for hydroxylation is 1. The van der Waals surface area contributed by atoms with Crippen LogP contribution in [0.3, 0.4) is 0 Å². The molecule has 1 aromatic heterocycles. The van der Waals surface area contributed by atoms with Gasteiger partial charge in [-0.3, -0.25) is 9.69 Å². The molecule has 1 rings (SSSR count). The summed E-state index contributed by atoms with van der Waals surface area (Å²) in [5.41, 5.74) is 0.527. The van der Waals surface area contributed by atoms with E-state index in [4.69, 9.17) is 0 Å². The second kappa shape index (κ2) is 4.63. The third-order valence-electron chi connectivity index (χ3n) is 2.42. The third kappa shape index (κ3) is 2.89. The molecule has 0 aliphatic rings. The smallest absolute Gasteiger partial charge is 0.161 e. The van der Waals surface area contributed by atoms with Gasteiger partial charge < -0.3 is 0 Å².